The molecule has 1 aliphatic heterocycles. The molecule has 0 aliphatic carbocycles. The number of para-hydroxylation sites is 1. The average molecular weight is 375 g/mol. The molecule has 142 valence electrons. The Kier molecular flexibility index (Phi) is 4.03. The van der Waals surface area contributed by atoms with Gasteiger partial charge in [0.1, 0.15) is 12.1 Å². The van der Waals surface area contributed by atoms with E-state index in [0.717, 1.165) is 48.3 Å². The summed E-state index contributed by atoms with van der Waals surface area (Å²) in [4.78, 5) is 28.3. The van der Waals surface area contributed by atoms with Crippen LogP contribution in [-0.2, 0) is 13.6 Å². The molecule has 1 saturated heterocycles. The standard InChI is InChI=1S/C20H21N7O/c1-25-18-16(10-24-25)19(22-12-21-18)26-8-6-14(7-9-26)11-27-13-23-17-5-3-2-4-15(17)20(27)28/h2-5,10,12-14H,6-9,11H2,1H3. The molecule has 0 spiro atoms. The zero-order chi connectivity index (χ0) is 19.1. The lowest BCUT2D eigenvalue weighted by Gasteiger charge is -2.33. The summed E-state index contributed by atoms with van der Waals surface area (Å²) in [5.41, 5.74) is 1.64. The Balaban J connectivity index is 1.32. The summed E-state index contributed by atoms with van der Waals surface area (Å²) in [5.74, 6) is 1.39. The van der Waals surface area contributed by atoms with Crippen molar-refractivity contribution in [2.45, 2.75) is 19.4 Å². The Hall–Kier alpha value is -3.29. The van der Waals surface area contributed by atoms with Gasteiger partial charge in [-0.15, -0.1) is 0 Å². The normalized spacial score (nSPS) is 15.5. The molecule has 8 heteroatoms. The number of fused-ring (bicyclic) bond motifs is 2. The van der Waals surface area contributed by atoms with E-state index in [9.17, 15) is 4.79 Å². The number of rotatable bonds is 3. The van der Waals surface area contributed by atoms with E-state index in [1.165, 1.54) is 0 Å². The van der Waals surface area contributed by atoms with Crippen LogP contribution < -0.4 is 10.5 Å². The monoisotopic (exact) mass is 375 g/mol. The molecule has 1 aliphatic rings. The van der Waals surface area contributed by atoms with E-state index in [-0.39, 0.29) is 5.56 Å². The molecule has 0 unspecified atom stereocenters. The van der Waals surface area contributed by atoms with Crippen LogP contribution in [0.15, 0.2) is 47.9 Å². The number of aromatic nitrogens is 6. The molecule has 3 aromatic heterocycles. The lowest BCUT2D eigenvalue weighted by atomic mass is 9.96. The van der Waals surface area contributed by atoms with Crippen LogP contribution in [0, 0.1) is 5.92 Å². The topological polar surface area (TPSA) is 81.7 Å². The van der Waals surface area contributed by atoms with Crippen molar-refractivity contribution in [2.24, 2.45) is 13.0 Å². The van der Waals surface area contributed by atoms with Gasteiger partial charge in [-0.05, 0) is 30.9 Å². The minimum Gasteiger partial charge on any atom is -0.356 e. The largest absolute Gasteiger partial charge is 0.356 e. The van der Waals surface area contributed by atoms with E-state index in [1.807, 2.05) is 37.5 Å². The van der Waals surface area contributed by atoms with Crippen LogP contribution in [-0.4, -0.2) is 42.4 Å². The predicted molar refractivity (Wildman–Crippen MR) is 107 cm³/mol. The highest BCUT2D eigenvalue weighted by Crippen LogP contribution is 2.27. The molecule has 0 atom stereocenters. The summed E-state index contributed by atoms with van der Waals surface area (Å²) in [6.45, 7) is 2.51. The number of nitrogens with zero attached hydrogens (tertiary/aromatic N) is 7. The van der Waals surface area contributed by atoms with Crippen molar-refractivity contribution in [1.29, 1.82) is 0 Å². The lowest BCUT2D eigenvalue weighted by molar-refractivity contribution is 0.351. The fourth-order valence-electron chi connectivity index (χ4n) is 4.04. The molecule has 5 rings (SSSR count). The Morgan fingerprint density at radius 2 is 1.89 bits per heavy atom. The van der Waals surface area contributed by atoms with E-state index in [2.05, 4.69) is 25.0 Å². The summed E-state index contributed by atoms with van der Waals surface area (Å²) in [6, 6.07) is 7.51. The zero-order valence-corrected chi connectivity index (χ0v) is 15.7. The molecule has 1 aromatic carbocycles. The van der Waals surface area contributed by atoms with Gasteiger partial charge in [0, 0.05) is 26.7 Å². The van der Waals surface area contributed by atoms with Gasteiger partial charge in [-0.2, -0.15) is 5.10 Å². The lowest BCUT2D eigenvalue weighted by Crippen LogP contribution is -2.37. The summed E-state index contributed by atoms with van der Waals surface area (Å²) in [5, 5.41) is 5.97. The minimum absolute atomic E-state index is 0.0425. The van der Waals surface area contributed by atoms with Gasteiger partial charge in [0.05, 0.1) is 28.8 Å². The van der Waals surface area contributed by atoms with Crippen LogP contribution in [0.2, 0.25) is 0 Å². The number of piperidine rings is 1. The second kappa shape index (κ2) is 6.70. The molecule has 8 nitrogen and oxygen atoms in total. The van der Waals surface area contributed by atoms with Crippen LogP contribution in [0.4, 0.5) is 5.82 Å². The highest BCUT2D eigenvalue weighted by atomic mass is 16.1. The molecule has 4 aromatic rings. The summed E-state index contributed by atoms with van der Waals surface area (Å²) >= 11 is 0. The first kappa shape index (κ1) is 16.9. The molecule has 0 N–H and O–H groups in total. The maximum atomic E-state index is 12.7. The molecule has 0 saturated carbocycles. The fraction of sp³-hybridized carbons (Fsp3) is 0.350. The smallest absolute Gasteiger partial charge is 0.261 e. The Bertz CT molecular complexity index is 1200. The first-order chi connectivity index (χ1) is 13.7. The summed E-state index contributed by atoms with van der Waals surface area (Å²) < 4.78 is 3.53. The van der Waals surface area contributed by atoms with E-state index in [0.29, 0.717) is 17.8 Å². The van der Waals surface area contributed by atoms with Crippen molar-refractivity contribution in [3.63, 3.8) is 0 Å². The van der Waals surface area contributed by atoms with Gasteiger partial charge in [0.25, 0.3) is 5.56 Å². The molecule has 0 bridgehead atoms. The van der Waals surface area contributed by atoms with Gasteiger partial charge in [-0.25, -0.2) is 15.0 Å². The van der Waals surface area contributed by atoms with Crippen LogP contribution in [0.5, 0.6) is 0 Å². The molecule has 28 heavy (non-hydrogen) atoms. The van der Waals surface area contributed by atoms with Gasteiger partial charge in [-0.3, -0.25) is 14.0 Å². The van der Waals surface area contributed by atoms with Gasteiger partial charge in [0.2, 0.25) is 0 Å². The number of aryl methyl sites for hydroxylation is 1. The second-order valence-corrected chi connectivity index (χ2v) is 7.35. The maximum Gasteiger partial charge on any atom is 0.261 e. The molecule has 0 amide bonds. The highest BCUT2D eigenvalue weighted by molar-refractivity contribution is 5.86. The molecular weight excluding hydrogens is 354 g/mol. The fourth-order valence-corrected chi connectivity index (χ4v) is 4.04. The Labute approximate surface area is 161 Å². The van der Waals surface area contributed by atoms with Crippen LogP contribution in [0.3, 0.4) is 0 Å². The Morgan fingerprint density at radius 1 is 1.07 bits per heavy atom. The van der Waals surface area contributed by atoms with Gasteiger partial charge < -0.3 is 4.90 Å². The first-order valence-electron chi connectivity index (χ1n) is 9.52. The maximum absolute atomic E-state index is 12.7. The third-order valence-electron chi connectivity index (χ3n) is 5.61. The minimum atomic E-state index is 0.0425. The third kappa shape index (κ3) is 2.81. The van der Waals surface area contributed by atoms with Crippen molar-refractivity contribution in [1.82, 2.24) is 29.3 Å². The van der Waals surface area contributed by atoms with Crippen molar-refractivity contribution >= 4 is 27.8 Å². The van der Waals surface area contributed by atoms with E-state index in [1.54, 1.807) is 21.9 Å². The average Bonchev–Trinajstić information content (AvgIpc) is 3.12. The number of anilines is 1. The van der Waals surface area contributed by atoms with E-state index < -0.39 is 0 Å². The van der Waals surface area contributed by atoms with Crippen molar-refractivity contribution < 1.29 is 0 Å². The Morgan fingerprint density at radius 3 is 2.75 bits per heavy atom. The van der Waals surface area contributed by atoms with Gasteiger partial charge in [0.15, 0.2) is 5.65 Å². The summed E-state index contributed by atoms with van der Waals surface area (Å²) in [7, 11) is 1.89. The molecule has 1 fully saturated rings. The number of hydrogen-bond acceptors (Lipinski definition) is 6. The molecular formula is C20H21N7O. The zero-order valence-electron chi connectivity index (χ0n) is 15.7. The van der Waals surface area contributed by atoms with Gasteiger partial charge in [-0.1, -0.05) is 12.1 Å². The molecule has 4 heterocycles. The van der Waals surface area contributed by atoms with E-state index >= 15 is 0 Å². The quantitative estimate of drug-likeness (QED) is 0.545. The van der Waals surface area contributed by atoms with Crippen molar-refractivity contribution in [3.05, 3.63) is 53.5 Å². The summed E-state index contributed by atoms with van der Waals surface area (Å²) in [6.07, 6.45) is 7.12. The predicted octanol–water partition coefficient (Wildman–Crippen LogP) is 1.99. The van der Waals surface area contributed by atoms with Crippen LogP contribution in [0.1, 0.15) is 12.8 Å². The van der Waals surface area contributed by atoms with Crippen molar-refractivity contribution in [2.75, 3.05) is 18.0 Å². The van der Waals surface area contributed by atoms with Crippen LogP contribution in [0.25, 0.3) is 21.9 Å². The van der Waals surface area contributed by atoms with E-state index in [4.69, 9.17) is 0 Å². The first-order valence-corrected chi connectivity index (χ1v) is 9.52. The number of hydrogen-bond donors (Lipinski definition) is 0. The highest BCUT2D eigenvalue weighted by Gasteiger charge is 2.23. The second-order valence-electron chi connectivity index (χ2n) is 7.35. The number of benzene rings is 1. The van der Waals surface area contributed by atoms with Crippen molar-refractivity contribution in [3.8, 4) is 0 Å². The van der Waals surface area contributed by atoms with Crippen LogP contribution >= 0.6 is 0 Å². The SMILES string of the molecule is Cn1ncc2c(N3CCC(Cn4cnc5ccccc5c4=O)CC3)ncnc21. The third-order valence-corrected chi connectivity index (χ3v) is 5.61. The molecule has 0 radical (unpaired) electrons. The van der Waals surface area contributed by atoms with Gasteiger partial charge >= 0.3 is 0 Å².